The predicted molar refractivity (Wildman–Crippen MR) is 213 cm³/mol. The van der Waals surface area contributed by atoms with Gasteiger partial charge in [-0.05, 0) is 109 Å². The van der Waals surface area contributed by atoms with Crippen molar-refractivity contribution in [3.8, 4) is 44.5 Å². The molecule has 238 valence electrons. The van der Waals surface area contributed by atoms with E-state index in [0.717, 1.165) is 21.9 Å². The van der Waals surface area contributed by atoms with Crippen molar-refractivity contribution in [2.75, 3.05) is 4.90 Å². The van der Waals surface area contributed by atoms with Gasteiger partial charge >= 0.3 is 0 Å². The summed E-state index contributed by atoms with van der Waals surface area (Å²) in [6.45, 7) is 4.46. The van der Waals surface area contributed by atoms with E-state index in [4.69, 9.17) is 2.74 Å². The number of hydrogen-bond donors (Lipinski definition) is 0. The summed E-state index contributed by atoms with van der Waals surface area (Å²) in [5.74, 6) is 0. The first kappa shape index (κ1) is 22.5. The smallest absolute Gasteiger partial charge is 0.0651 e. The van der Waals surface area contributed by atoms with Crippen LogP contribution in [0.5, 0.6) is 0 Å². The Balaban J connectivity index is 1.29. The van der Waals surface area contributed by atoms with Crippen LogP contribution in [0.1, 0.15) is 35.9 Å². The summed E-state index contributed by atoms with van der Waals surface area (Å²) in [6, 6.07) is 41.7. The molecule has 0 aromatic heterocycles. The standard InChI is InChI=1S/C49H37N/c1-49(2)47-21-9-8-18-45(47)46-20-11-19-44(48(46)49)37-26-30-42(31-27-37)50(41-28-24-36(25-29-41)34-12-4-3-5-13-34)43-17-10-16-39(33-43)40-23-22-35-14-6-7-15-38(35)32-40/h3-33H,1-2H3/i10D,16D,17D,24D,25D,28D,29D,33D. The van der Waals surface area contributed by atoms with Crippen LogP contribution in [0.15, 0.2) is 188 Å². The Hall–Kier alpha value is -6.18. The second-order valence-corrected chi connectivity index (χ2v) is 13.2. The molecule has 9 rings (SSSR count). The van der Waals surface area contributed by atoms with Crippen LogP contribution >= 0.6 is 0 Å². The largest absolute Gasteiger partial charge is 0.310 e. The maximum Gasteiger partial charge on any atom is 0.0651 e. The Morgan fingerprint density at radius 1 is 0.440 bits per heavy atom. The molecule has 0 N–H and O–H groups in total. The van der Waals surface area contributed by atoms with E-state index in [1.54, 1.807) is 42.5 Å². The van der Waals surface area contributed by atoms with Crippen molar-refractivity contribution in [2.24, 2.45) is 0 Å². The number of anilines is 3. The molecule has 1 aliphatic rings. The first-order valence-electron chi connectivity index (χ1n) is 20.8. The summed E-state index contributed by atoms with van der Waals surface area (Å²) in [7, 11) is 0. The Kier molecular flexibility index (Phi) is 5.41. The second kappa shape index (κ2) is 12.1. The highest BCUT2D eigenvalue weighted by Crippen LogP contribution is 2.52. The zero-order chi connectivity index (χ0) is 40.6. The van der Waals surface area contributed by atoms with E-state index in [2.05, 4.69) is 56.3 Å². The molecule has 0 bridgehead atoms. The van der Waals surface area contributed by atoms with Crippen molar-refractivity contribution in [3.63, 3.8) is 0 Å². The summed E-state index contributed by atoms with van der Waals surface area (Å²) < 4.78 is 74.3. The number of nitrogens with zero attached hydrogens (tertiary/aromatic N) is 1. The van der Waals surface area contributed by atoms with Crippen LogP contribution in [0.3, 0.4) is 0 Å². The van der Waals surface area contributed by atoms with Crippen molar-refractivity contribution in [3.05, 3.63) is 199 Å². The molecule has 0 fully saturated rings. The van der Waals surface area contributed by atoms with Crippen LogP contribution in [-0.2, 0) is 5.41 Å². The summed E-state index contributed by atoms with van der Waals surface area (Å²) >= 11 is 0. The number of hydrogen-bond acceptors (Lipinski definition) is 1. The van der Waals surface area contributed by atoms with Crippen molar-refractivity contribution >= 4 is 27.8 Å². The molecule has 8 aromatic rings. The lowest BCUT2D eigenvalue weighted by atomic mass is 9.79. The fourth-order valence-electron chi connectivity index (χ4n) is 7.35. The van der Waals surface area contributed by atoms with Gasteiger partial charge in [0.2, 0.25) is 0 Å². The Labute approximate surface area is 306 Å². The molecule has 1 heteroatoms. The highest BCUT2D eigenvalue weighted by Gasteiger charge is 2.37. The van der Waals surface area contributed by atoms with Crippen molar-refractivity contribution in [1.29, 1.82) is 0 Å². The van der Waals surface area contributed by atoms with Gasteiger partial charge in [0.05, 0.1) is 11.0 Å². The normalized spacial score (nSPS) is 15.0. The number of fused-ring (bicyclic) bond motifs is 4. The summed E-state index contributed by atoms with van der Waals surface area (Å²) in [4.78, 5) is 1.40. The Morgan fingerprint density at radius 3 is 1.94 bits per heavy atom. The van der Waals surface area contributed by atoms with Gasteiger partial charge in [-0.25, -0.2) is 0 Å². The molecule has 0 radical (unpaired) electrons. The van der Waals surface area contributed by atoms with E-state index in [9.17, 15) is 8.22 Å². The first-order chi connectivity index (χ1) is 27.9. The van der Waals surface area contributed by atoms with Crippen LogP contribution < -0.4 is 4.90 Å². The molecule has 0 amide bonds. The fraction of sp³-hybridized carbons (Fsp3) is 0.0612. The van der Waals surface area contributed by atoms with Crippen LogP contribution in [0.25, 0.3) is 55.3 Å². The van der Waals surface area contributed by atoms with Crippen molar-refractivity contribution in [1.82, 2.24) is 0 Å². The summed E-state index contributed by atoms with van der Waals surface area (Å²) in [5, 5.41) is 1.84. The van der Waals surface area contributed by atoms with Crippen LogP contribution in [-0.4, -0.2) is 0 Å². The van der Waals surface area contributed by atoms with Crippen LogP contribution in [0, 0.1) is 0 Å². The van der Waals surface area contributed by atoms with Crippen molar-refractivity contribution in [2.45, 2.75) is 19.3 Å². The maximum absolute atomic E-state index is 9.71. The highest BCUT2D eigenvalue weighted by atomic mass is 15.1. The van der Waals surface area contributed by atoms with Gasteiger partial charge in [-0.2, -0.15) is 0 Å². The molecule has 1 nitrogen and oxygen atoms in total. The van der Waals surface area contributed by atoms with E-state index >= 15 is 0 Å². The molecule has 0 heterocycles. The van der Waals surface area contributed by atoms with E-state index in [1.807, 2.05) is 54.6 Å². The lowest BCUT2D eigenvalue weighted by molar-refractivity contribution is 0.662. The van der Waals surface area contributed by atoms with E-state index in [-0.39, 0.29) is 64.2 Å². The molecule has 50 heavy (non-hydrogen) atoms. The van der Waals surface area contributed by atoms with Gasteiger partial charge in [0.15, 0.2) is 0 Å². The SMILES string of the molecule is [2H]c1c([2H])c(-c2ccc3ccccc3c2)c([2H])c(N(c2ccc(-c3cccc4c3C(C)(C)c3ccccc3-4)cc2)c2c([2H])c([2H])c(-c3ccccc3)c([2H])c2[2H])c1[2H]. The third-order valence-corrected chi connectivity index (χ3v) is 9.79. The molecule has 0 unspecified atom stereocenters. The monoisotopic (exact) mass is 647 g/mol. The minimum absolute atomic E-state index is 0.123. The molecule has 0 aliphatic heterocycles. The van der Waals surface area contributed by atoms with Crippen molar-refractivity contribution < 1.29 is 11.0 Å². The van der Waals surface area contributed by atoms with Gasteiger partial charge in [0.1, 0.15) is 0 Å². The van der Waals surface area contributed by atoms with Gasteiger partial charge in [-0.3, -0.25) is 0 Å². The van der Waals surface area contributed by atoms with E-state index < -0.39 is 12.1 Å². The van der Waals surface area contributed by atoms with Gasteiger partial charge in [-0.1, -0.05) is 159 Å². The summed E-state index contributed by atoms with van der Waals surface area (Å²) in [6.07, 6.45) is 0. The van der Waals surface area contributed by atoms with Gasteiger partial charge < -0.3 is 4.90 Å². The zero-order valence-electron chi connectivity index (χ0n) is 35.7. The summed E-state index contributed by atoms with van der Waals surface area (Å²) in [5.41, 5.74) is 7.88. The van der Waals surface area contributed by atoms with E-state index in [1.165, 1.54) is 27.2 Å². The first-order valence-corrected chi connectivity index (χ1v) is 16.8. The Bertz CT molecular complexity index is 2930. The second-order valence-electron chi connectivity index (χ2n) is 13.2. The minimum atomic E-state index is -0.437. The average Bonchev–Trinajstić information content (AvgIpc) is 3.48. The zero-order valence-corrected chi connectivity index (χ0v) is 27.7. The molecule has 0 atom stereocenters. The molecule has 0 saturated heterocycles. The lowest BCUT2D eigenvalue weighted by Crippen LogP contribution is -2.16. The highest BCUT2D eigenvalue weighted by molar-refractivity contribution is 5.90. The Morgan fingerprint density at radius 2 is 1.12 bits per heavy atom. The maximum atomic E-state index is 9.71. The third kappa shape index (κ3) is 5.11. The van der Waals surface area contributed by atoms with Gasteiger partial charge in [0, 0.05) is 22.5 Å². The molecule has 1 aliphatic carbocycles. The number of rotatable bonds is 6. The van der Waals surface area contributed by atoms with Gasteiger partial charge in [0.25, 0.3) is 0 Å². The quantitative estimate of drug-likeness (QED) is 0.174. The van der Waals surface area contributed by atoms with E-state index in [0.29, 0.717) is 16.8 Å². The molecule has 0 saturated carbocycles. The molecular weight excluding hydrogens is 603 g/mol. The lowest BCUT2D eigenvalue weighted by Gasteiger charge is -2.27. The fourth-order valence-corrected chi connectivity index (χ4v) is 7.35. The average molecular weight is 648 g/mol. The molecule has 8 aromatic carbocycles. The predicted octanol–water partition coefficient (Wildman–Crippen LogP) is 13.6. The van der Waals surface area contributed by atoms with Crippen LogP contribution in [0.2, 0.25) is 0 Å². The number of benzene rings is 8. The van der Waals surface area contributed by atoms with Crippen LogP contribution in [0.4, 0.5) is 17.1 Å². The minimum Gasteiger partial charge on any atom is -0.310 e. The molecule has 0 spiro atoms. The molecular formula is C49H37N. The topological polar surface area (TPSA) is 3.24 Å². The van der Waals surface area contributed by atoms with Gasteiger partial charge in [-0.15, -0.1) is 0 Å². The third-order valence-electron chi connectivity index (χ3n) is 9.79.